The Balaban J connectivity index is 1.84. The predicted octanol–water partition coefficient (Wildman–Crippen LogP) is 1.47. The maximum absolute atomic E-state index is 11.9. The molecule has 4 heteroatoms. The van der Waals surface area contributed by atoms with Gasteiger partial charge in [-0.05, 0) is 38.4 Å². The van der Waals surface area contributed by atoms with Gasteiger partial charge in [-0.3, -0.25) is 9.69 Å². The van der Waals surface area contributed by atoms with Crippen LogP contribution in [0.15, 0.2) is 30.3 Å². The number of hydrogen-bond donors (Lipinski definition) is 2. The molecular formula is C14H20N2O2. The molecule has 1 atom stereocenters. The van der Waals surface area contributed by atoms with E-state index in [2.05, 4.69) is 5.32 Å². The summed E-state index contributed by atoms with van der Waals surface area (Å²) in [6, 6.07) is 9.43. The number of aliphatic hydroxyl groups is 1. The minimum atomic E-state index is -0.661. The van der Waals surface area contributed by atoms with Crippen LogP contribution >= 0.6 is 0 Å². The lowest BCUT2D eigenvalue weighted by molar-refractivity contribution is -0.118. The van der Waals surface area contributed by atoms with Crippen molar-refractivity contribution >= 4 is 11.6 Å². The fourth-order valence-electron chi connectivity index (χ4n) is 2.38. The van der Waals surface area contributed by atoms with Crippen molar-refractivity contribution in [1.82, 2.24) is 4.90 Å². The maximum Gasteiger partial charge on any atom is 0.238 e. The van der Waals surface area contributed by atoms with Gasteiger partial charge < -0.3 is 10.4 Å². The lowest BCUT2D eigenvalue weighted by Crippen LogP contribution is -2.48. The molecule has 1 unspecified atom stereocenters. The van der Waals surface area contributed by atoms with Crippen LogP contribution in [0.2, 0.25) is 0 Å². The van der Waals surface area contributed by atoms with Crippen molar-refractivity contribution in [2.75, 3.05) is 25.0 Å². The van der Waals surface area contributed by atoms with E-state index in [4.69, 9.17) is 0 Å². The number of para-hydroxylation sites is 1. The second-order valence-electron chi connectivity index (χ2n) is 5.23. The summed E-state index contributed by atoms with van der Waals surface area (Å²) in [5.41, 5.74) is 0.150. The van der Waals surface area contributed by atoms with Crippen molar-refractivity contribution in [2.24, 2.45) is 0 Å². The minimum Gasteiger partial charge on any atom is -0.389 e. The molecule has 1 aliphatic heterocycles. The van der Waals surface area contributed by atoms with Gasteiger partial charge in [0.15, 0.2) is 0 Å². The van der Waals surface area contributed by atoms with Gasteiger partial charge in [0, 0.05) is 12.2 Å². The first-order chi connectivity index (χ1) is 8.55. The van der Waals surface area contributed by atoms with Gasteiger partial charge in [0.1, 0.15) is 0 Å². The van der Waals surface area contributed by atoms with Crippen molar-refractivity contribution in [3.8, 4) is 0 Å². The topological polar surface area (TPSA) is 52.6 Å². The summed E-state index contributed by atoms with van der Waals surface area (Å²) in [6.45, 7) is 3.60. The summed E-state index contributed by atoms with van der Waals surface area (Å²) in [4.78, 5) is 13.9. The minimum absolute atomic E-state index is 0.0288. The van der Waals surface area contributed by atoms with E-state index in [-0.39, 0.29) is 5.91 Å². The summed E-state index contributed by atoms with van der Waals surface area (Å²) in [5.74, 6) is -0.0288. The van der Waals surface area contributed by atoms with Crippen molar-refractivity contribution in [2.45, 2.75) is 25.4 Å². The Morgan fingerprint density at radius 2 is 2.17 bits per heavy atom. The molecule has 0 aliphatic carbocycles. The largest absolute Gasteiger partial charge is 0.389 e. The number of piperidine rings is 1. The second-order valence-corrected chi connectivity index (χ2v) is 5.23. The van der Waals surface area contributed by atoms with E-state index in [1.807, 2.05) is 42.2 Å². The molecule has 98 valence electrons. The standard InChI is InChI=1S/C14H20N2O2/c1-14(18)8-5-9-16(11-14)10-13(17)15-12-6-3-2-4-7-12/h2-4,6-7,18H,5,8-11H2,1H3,(H,15,17). The Labute approximate surface area is 108 Å². The lowest BCUT2D eigenvalue weighted by atomic mass is 9.95. The molecule has 0 aromatic heterocycles. The molecule has 0 saturated carbocycles. The average Bonchev–Trinajstić information content (AvgIpc) is 2.28. The zero-order valence-electron chi connectivity index (χ0n) is 10.7. The van der Waals surface area contributed by atoms with Gasteiger partial charge in [-0.15, -0.1) is 0 Å². The number of nitrogens with zero attached hydrogens (tertiary/aromatic N) is 1. The molecule has 2 rings (SSSR count). The summed E-state index contributed by atoms with van der Waals surface area (Å²) >= 11 is 0. The van der Waals surface area contributed by atoms with Crippen LogP contribution in [0.4, 0.5) is 5.69 Å². The quantitative estimate of drug-likeness (QED) is 0.851. The van der Waals surface area contributed by atoms with E-state index in [9.17, 15) is 9.90 Å². The van der Waals surface area contributed by atoms with Crippen LogP contribution in [0.3, 0.4) is 0 Å². The van der Waals surface area contributed by atoms with Crippen LogP contribution in [0, 0.1) is 0 Å². The third kappa shape index (κ3) is 3.82. The monoisotopic (exact) mass is 248 g/mol. The van der Waals surface area contributed by atoms with E-state index in [1.165, 1.54) is 0 Å². The number of hydrogen-bond acceptors (Lipinski definition) is 3. The van der Waals surface area contributed by atoms with Crippen molar-refractivity contribution in [1.29, 1.82) is 0 Å². The molecule has 1 aliphatic rings. The Morgan fingerprint density at radius 3 is 2.83 bits per heavy atom. The van der Waals surface area contributed by atoms with E-state index >= 15 is 0 Å². The van der Waals surface area contributed by atoms with Gasteiger partial charge in [-0.2, -0.15) is 0 Å². The number of anilines is 1. The highest BCUT2D eigenvalue weighted by molar-refractivity contribution is 5.92. The van der Waals surface area contributed by atoms with Crippen molar-refractivity contribution in [3.63, 3.8) is 0 Å². The number of carbonyl (C=O) groups excluding carboxylic acids is 1. The number of rotatable bonds is 3. The van der Waals surface area contributed by atoms with E-state index in [1.54, 1.807) is 0 Å². The van der Waals surface area contributed by atoms with Crippen LogP contribution in [-0.4, -0.2) is 41.1 Å². The summed E-state index contributed by atoms with van der Waals surface area (Å²) in [7, 11) is 0. The molecule has 4 nitrogen and oxygen atoms in total. The molecule has 2 N–H and O–H groups in total. The fraction of sp³-hybridized carbons (Fsp3) is 0.500. The Hall–Kier alpha value is -1.39. The first-order valence-corrected chi connectivity index (χ1v) is 6.35. The van der Waals surface area contributed by atoms with Gasteiger partial charge in [0.05, 0.1) is 12.1 Å². The van der Waals surface area contributed by atoms with Crippen LogP contribution in [-0.2, 0) is 4.79 Å². The zero-order chi connectivity index (χ0) is 13.0. The highest BCUT2D eigenvalue weighted by Gasteiger charge is 2.29. The van der Waals surface area contributed by atoms with Gasteiger partial charge in [-0.25, -0.2) is 0 Å². The van der Waals surface area contributed by atoms with Gasteiger partial charge >= 0.3 is 0 Å². The molecule has 1 fully saturated rings. The zero-order valence-corrected chi connectivity index (χ0v) is 10.7. The van der Waals surface area contributed by atoms with Gasteiger partial charge in [0.2, 0.25) is 5.91 Å². The average molecular weight is 248 g/mol. The first-order valence-electron chi connectivity index (χ1n) is 6.35. The Bertz CT molecular complexity index is 404. The normalized spacial score (nSPS) is 24.8. The number of nitrogens with one attached hydrogen (secondary N) is 1. The molecule has 0 spiro atoms. The third-order valence-electron chi connectivity index (χ3n) is 3.18. The van der Waals surface area contributed by atoms with E-state index in [0.717, 1.165) is 25.1 Å². The Kier molecular flexibility index (Phi) is 3.99. The number of likely N-dealkylation sites (tertiary alicyclic amines) is 1. The summed E-state index contributed by atoms with van der Waals surface area (Å²) < 4.78 is 0. The Morgan fingerprint density at radius 1 is 1.44 bits per heavy atom. The molecule has 1 aromatic rings. The molecule has 0 bridgehead atoms. The SMILES string of the molecule is CC1(O)CCCN(CC(=O)Nc2ccccc2)C1. The molecule has 0 radical (unpaired) electrons. The van der Waals surface area contributed by atoms with Crippen LogP contribution in [0.25, 0.3) is 0 Å². The number of benzene rings is 1. The van der Waals surface area contributed by atoms with Crippen LogP contribution < -0.4 is 5.32 Å². The highest BCUT2D eigenvalue weighted by atomic mass is 16.3. The predicted molar refractivity (Wildman–Crippen MR) is 71.4 cm³/mol. The second kappa shape index (κ2) is 5.50. The molecular weight excluding hydrogens is 228 g/mol. The molecule has 1 amide bonds. The van der Waals surface area contributed by atoms with E-state index in [0.29, 0.717) is 13.1 Å². The molecule has 18 heavy (non-hydrogen) atoms. The third-order valence-corrected chi connectivity index (χ3v) is 3.18. The van der Waals surface area contributed by atoms with Gasteiger partial charge in [0.25, 0.3) is 0 Å². The fourth-order valence-corrected chi connectivity index (χ4v) is 2.38. The van der Waals surface area contributed by atoms with Gasteiger partial charge in [-0.1, -0.05) is 18.2 Å². The first kappa shape index (κ1) is 13.1. The molecule has 1 heterocycles. The lowest BCUT2D eigenvalue weighted by Gasteiger charge is -2.36. The number of carbonyl (C=O) groups is 1. The van der Waals surface area contributed by atoms with Crippen LogP contribution in [0.5, 0.6) is 0 Å². The number of amides is 1. The smallest absolute Gasteiger partial charge is 0.238 e. The molecule has 1 saturated heterocycles. The highest BCUT2D eigenvalue weighted by Crippen LogP contribution is 2.19. The maximum atomic E-state index is 11.9. The summed E-state index contributed by atoms with van der Waals surface area (Å²) in [6.07, 6.45) is 1.75. The number of β-amino-alcohol motifs (C(OH)–C–C–N with tert-alkyl or cyclic N) is 1. The van der Waals surface area contributed by atoms with Crippen molar-refractivity contribution < 1.29 is 9.90 Å². The summed E-state index contributed by atoms with van der Waals surface area (Å²) in [5, 5.41) is 12.8. The van der Waals surface area contributed by atoms with E-state index < -0.39 is 5.60 Å². The van der Waals surface area contributed by atoms with Crippen LogP contribution in [0.1, 0.15) is 19.8 Å². The molecule has 1 aromatic carbocycles. The van der Waals surface area contributed by atoms with Crippen molar-refractivity contribution in [3.05, 3.63) is 30.3 Å².